The maximum absolute atomic E-state index is 9.10. The van der Waals surface area contributed by atoms with Crippen LogP contribution < -0.4 is 0 Å². The van der Waals surface area contributed by atoms with E-state index in [1.165, 1.54) is 0 Å². The molecule has 136 valence electrons. The van der Waals surface area contributed by atoms with Gasteiger partial charge in [0.2, 0.25) is 0 Å². The summed E-state index contributed by atoms with van der Waals surface area (Å²) >= 11 is -7.25. The van der Waals surface area contributed by atoms with Crippen molar-refractivity contribution in [3.8, 4) is 0 Å². The minimum absolute atomic E-state index is 1.81. The molecule has 0 radical (unpaired) electrons. The molecule has 0 aromatic rings. The molecule has 0 aromatic heterocycles. The van der Waals surface area contributed by atoms with E-state index >= 15 is 0 Å². The van der Waals surface area contributed by atoms with E-state index in [-0.39, 0.29) is 0 Å². The fourth-order valence-electron chi connectivity index (χ4n) is 0. The standard InChI is InChI=1S/2C2H2O4.8O.4V/c2*3-1(4)2(5)6;;;;;;;;;;;;/h2*(H,3,4)(H,5,6);;;;;;;;;;;;. The van der Waals surface area contributed by atoms with Crippen LogP contribution in [0.2, 0.25) is 0 Å². The molecule has 0 aliphatic carbocycles. The number of rotatable bonds is 0. The Morgan fingerprint density at radius 2 is 0.417 bits per heavy atom. The first-order chi connectivity index (χ1) is 10.9. The van der Waals surface area contributed by atoms with Crippen molar-refractivity contribution in [2.75, 3.05) is 0 Å². The summed E-state index contributed by atoms with van der Waals surface area (Å²) in [4.78, 5) is 36.4. The molecule has 4 N–H and O–H groups in total. The molecule has 0 aromatic carbocycles. The van der Waals surface area contributed by atoms with E-state index in [9.17, 15) is 0 Å². The normalized spacial score (nSPS) is 5.00. The molecular weight excluding hydrogens is 508 g/mol. The molecular formula is C4H4O16V4. The summed E-state index contributed by atoms with van der Waals surface area (Å²) in [5.41, 5.74) is 0. The summed E-state index contributed by atoms with van der Waals surface area (Å²) in [6.07, 6.45) is 0. The number of carbonyl (C=O) groups is 4. The Hall–Kier alpha value is -1.38. The third-order valence-corrected chi connectivity index (χ3v) is 0.366. The van der Waals surface area contributed by atoms with Crippen LogP contribution in [-0.4, -0.2) is 44.3 Å². The van der Waals surface area contributed by atoms with E-state index in [0.29, 0.717) is 0 Å². The predicted molar refractivity (Wildman–Crippen MR) is 36.0 cm³/mol. The molecule has 0 heterocycles. The minimum atomic E-state index is -1.82. The second-order valence-electron chi connectivity index (χ2n) is 1.52. The van der Waals surface area contributed by atoms with Crippen molar-refractivity contribution < 1.29 is 134 Å². The van der Waals surface area contributed by atoms with E-state index in [0.717, 1.165) is 0 Å². The maximum atomic E-state index is 9.10. The number of hydrogen-bond acceptors (Lipinski definition) is 12. The summed E-state index contributed by atoms with van der Waals surface area (Å²) in [7, 11) is 0. The van der Waals surface area contributed by atoms with Crippen LogP contribution in [0.5, 0.6) is 0 Å². The molecule has 0 rings (SSSR count). The average Bonchev–Trinajstić information content (AvgIpc) is 2.42. The predicted octanol–water partition coefficient (Wildman–Crippen LogP) is -2.65. The second kappa shape index (κ2) is 43.0. The second-order valence-corrected chi connectivity index (χ2v) is 2.45. The van der Waals surface area contributed by atoms with E-state index in [1.807, 2.05) is 0 Å². The number of hydrogen-bond donors (Lipinski definition) is 4. The molecule has 0 bridgehead atoms. The van der Waals surface area contributed by atoms with Crippen LogP contribution in [0.15, 0.2) is 0 Å². The summed E-state index contributed by atoms with van der Waals surface area (Å²) < 4.78 is 67.8. The SMILES string of the molecule is O=C(O)C(=O)O.O=C(O)C(=O)O.[O]=[V]=[O].[O]=[V]=[O].[O]=[V]=[O].[O]=[V]=[O]. The average molecular weight is 512 g/mol. The van der Waals surface area contributed by atoms with E-state index < -0.39 is 88.6 Å². The molecule has 0 saturated carbocycles. The Morgan fingerprint density at radius 1 is 0.375 bits per heavy atom. The fraction of sp³-hybridized carbons (Fsp3) is 0. The van der Waals surface area contributed by atoms with Gasteiger partial charge < -0.3 is 20.4 Å². The van der Waals surface area contributed by atoms with Crippen LogP contribution in [0.1, 0.15) is 0 Å². The van der Waals surface area contributed by atoms with Crippen LogP contribution in [0.4, 0.5) is 0 Å². The van der Waals surface area contributed by atoms with E-state index in [1.54, 1.807) is 0 Å². The molecule has 0 fully saturated rings. The zero-order valence-electron chi connectivity index (χ0n) is 10.5. The molecule has 0 atom stereocenters. The summed E-state index contributed by atoms with van der Waals surface area (Å²) in [5, 5.41) is 29.6. The zero-order valence-corrected chi connectivity index (χ0v) is 16.1. The summed E-state index contributed by atoms with van der Waals surface area (Å²) in [5.74, 6) is -7.30. The first-order valence-corrected chi connectivity index (χ1v) is 8.23. The van der Waals surface area contributed by atoms with Crippen molar-refractivity contribution in [3.63, 3.8) is 0 Å². The Balaban J connectivity index is -0.0000000421. The number of aliphatic carboxylic acids is 4. The van der Waals surface area contributed by atoms with Crippen molar-refractivity contribution in [1.29, 1.82) is 0 Å². The van der Waals surface area contributed by atoms with Gasteiger partial charge in [0.25, 0.3) is 0 Å². The first-order valence-electron chi connectivity index (χ1n) is 3.67. The molecule has 16 nitrogen and oxygen atoms in total. The molecule has 0 spiro atoms. The summed E-state index contributed by atoms with van der Waals surface area (Å²) in [6, 6.07) is 0. The van der Waals surface area contributed by atoms with Crippen molar-refractivity contribution in [3.05, 3.63) is 0 Å². The molecule has 0 amide bonds. The monoisotopic (exact) mass is 512 g/mol. The van der Waals surface area contributed by atoms with Crippen molar-refractivity contribution in [2.45, 2.75) is 0 Å². The van der Waals surface area contributed by atoms with Gasteiger partial charge in [0.05, 0.1) is 0 Å². The number of carboxylic acid groups (broad SMARTS) is 4. The molecule has 20 heteroatoms. The molecule has 0 saturated heterocycles. The molecule has 0 aliphatic heterocycles. The van der Waals surface area contributed by atoms with Gasteiger partial charge in [0.15, 0.2) is 0 Å². The van der Waals surface area contributed by atoms with Crippen molar-refractivity contribution in [1.82, 2.24) is 0 Å². The quantitative estimate of drug-likeness (QED) is 0.241. The third kappa shape index (κ3) is 181. The Kier molecular flexibility index (Phi) is 68.6. The van der Waals surface area contributed by atoms with Crippen molar-refractivity contribution in [2.24, 2.45) is 0 Å². The van der Waals surface area contributed by atoms with E-state index in [4.69, 9.17) is 69.0 Å². The summed E-state index contributed by atoms with van der Waals surface area (Å²) in [6.45, 7) is 0. The topological polar surface area (TPSA) is 286 Å². The molecule has 0 unspecified atom stereocenters. The van der Waals surface area contributed by atoms with Crippen LogP contribution in [0.25, 0.3) is 0 Å². The van der Waals surface area contributed by atoms with Gasteiger partial charge in [-0.1, -0.05) is 0 Å². The van der Waals surface area contributed by atoms with Gasteiger partial charge in [-0.05, 0) is 0 Å². The van der Waals surface area contributed by atoms with Gasteiger partial charge in [-0.15, -0.1) is 0 Å². The fourth-order valence-corrected chi connectivity index (χ4v) is 0. The Bertz CT molecular complexity index is 414. The number of carboxylic acids is 4. The zero-order chi connectivity index (χ0) is 21.1. The van der Waals surface area contributed by atoms with Gasteiger partial charge in [-0.2, -0.15) is 0 Å². The molecule has 24 heavy (non-hydrogen) atoms. The van der Waals surface area contributed by atoms with Gasteiger partial charge >= 0.3 is 118 Å². The van der Waals surface area contributed by atoms with Gasteiger partial charge in [0, 0.05) is 0 Å². The van der Waals surface area contributed by atoms with E-state index in [2.05, 4.69) is 0 Å². The van der Waals surface area contributed by atoms with Crippen molar-refractivity contribution >= 4 is 23.9 Å². The van der Waals surface area contributed by atoms with Crippen LogP contribution in [0.3, 0.4) is 0 Å². The first kappa shape index (κ1) is 38.3. The third-order valence-electron chi connectivity index (χ3n) is 0.366. The van der Waals surface area contributed by atoms with Gasteiger partial charge in [0.1, 0.15) is 0 Å². The van der Waals surface area contributed by atoms with Crippen LogP contribution in [-0.2, 0) is 113 Å². The molecule has 0 aliphatic rings. The van der Waals surface area contributed by atoms with Gasteiger partial charge in [-0.3, -0.25) is 0 Å². The Labute approximate surface area is 157 Å². The van der Waals surface area contributed by atoms with Crippen LogP contribution >= 0.6 is 0 Å². The van der Waals surface area contributed by atoms with Gasteiger partial charge in [-0.25, -0.2) is 19.2 Å². The Morgan fingerprint density at radius 3 is 0.417 bits per heavy atom. The van der Waals surface area contributed by atoms with Crippen LogP contribution in [0, 0.1) is 0 Å².